The molecule has 0 N–H and O–H groups in total. The zero-order valence-corrected chi connectivity index (χ0v) is 28.6. The van der Waals surface area contributed by atoms with Crippen molar-refractivity contribution in [3.8, 4) is 0 Å². The molecule has 0 aliphatic heterocycles. The van der Waals surface area contributed by atoms with Crippen LogP contribution in [0.3, 0.4) is 0 Å². The molecule has 0 aromatic carbocycles. The Bertz CT molecular complexity index is 556. The molecule has 0 aliphatic carbocycles. The number of carbonyl (C=O) groups excluding carboxylic acids is 3. The number of hydrogen-bond acceptors (Lipinski definition) is 7. The molecule has 0 saturated heterocycles. The van der Waals surface area contributed by atoms with Crippen LogP contribution in [-0.4, -0.2) is 23.3 Å². The van der Waals surface area contributed by atoms with Gasteiger partial charge in [-0.2, -0.15) is 0 Å². The minimum Gasteiger partial charge on any atom is -0.300 e. The summed E-state index contributed by atoms with van der Waals surface area (Å²) in [6.45, 7) is 6.66. The molecule has 0 aromatic rings. The third-order valence-corrected chi connectivity index (χ3v) is 7.98. The summed E-state index contributed by atoms with van der Waals surface area (Å²) in [7, 11) is 0. The van der Waals surface area contributed by atoms with E-state index in [0.29, 0.717) is 24.7 Å². The molecular weight excluding hydrogens is 542 g/mol. The van der Waals surface area contributed by atoms with Crippen molar-refractivity contribution in [2.45, 2.75) is 213 Å². The normalized spacial score (nSPS) is 11.2. The van der Waals surface area contributed by atoms with Gasteiger partial charge in [-0.1, -0.05) is 175 Å². The maximum absolute atomic E-state index is 12.4. The van der Waals surface area contributed by atoms with E-state index in [-0.39, 0.29) is 19.3 Å². The smallest absolute Gasteiger partial charge is 0.300 e. The number of hydrogen-bond donors (Lipinski definition) is 0. The molecule has 0 unspecified atom stereocenters. The Kier molecular flexibility index (Phi) is 32.0. The SMILES string of the molecule is CCCCCCCCCCCC(=O)ON(OC(=O)CCCCCCCCCCC)OC(=O)CCCCCCCCCCC. The highest BCUT2D eigenvalue weighted by Crippen LogP contribution is 2.15. The van der Waals surface area contributed by atoms with Crippen LogP contribution in [0.1, 0.15) is 213 Å². The standard InChI is InChI=1S/C36H69NO6/c1-4-7-10-13-16-19-22-25-28-31-34(38)41-37(42-35(39)32-29-26-23-20-17-14-11-8-5-2)43-36(40)33-30-27-24-21-18-15-12-9-6-3/h4-33H2,1-3H3. The maximum Gasteiger partial charge on any atom is 0.332 e. The molecule has 254 valence electrons. The Morgan fingerprint density at radius 1 is 0.326 bits per heavy atom. The molecule has 7 nitrogen and oxygen atoms in total. The van der Waals surface area contributed by atoms with Crippen molar-refractivity contribution < 1.29 is 28.9 Å². The lowest BCUT2D eigenvalue weighted by Crippen LogP contribution is -2.33. The lowest BCUT2D eigenvalue weighted by atomic mass is 10.1. The minimum absolute atomic E-state index is 0.192. The van der Waals surface area contributed by atoms with Gasteiger partial charge < -0.3 is 14.5 Å². The first-order chi connectivity index (χ1) is 21.0. The number of carbonyl (C=O) groups is 3. The average molecular weight is 612 g/mol. The van der Waals surface area contributed by atoms with Crippen LogP contribution in [0, 0.1) is 0 Å². The first kappa shape index (κ1) is 41.4. The van der Waals surface area contributed by atoms with Crippen LogP contribution in [-0.2, 0) is 28.9 Å². The monoisotopic (exact) mass is 612 g/mol. The minimum atomic E-state index is -0.560. The summed E-state index contributed by atoms with van der Waals surface area (Å²) in [5.74, 6) is -1.68. The van der Waals surface area contributed by atoms with E-state index in [9.17, 15) is 14.4 Å². The summed E-state index contributed by atoms with van der Waals surface area (Å²) in [5, 5.41) is 0.363. The van der Waals surface area contributed by atoms with E-state index in [4.69, 9.17) is 14.5 Å². The van der Waals surface area contributed by atoms with Crippen LogP contribution in [0.15, 0.2) is 0 Å². The van der Waals surface area contributed by atoms with Crippen LogP contribution in [0.2, 0.25) is 0 Å². The lowest BCUT2D eigenvalue weighted by molar-refractivity contribution is -0.464. The predicted molar refractivity (Wildman–Crippen MR) is 176 cm³/mol. The molecule has 0 radical (unpaired) electrons. The Morgan fingerprint density at radius 3 is 0.721 bits per heavy atom. The Balaban J connectivity index is 4.38. The van der Waals surface area contributed by atoms with Gasteiger partial charge in [0.05, 0.1) is 0 Å². The second kappa shape index (κ2) is 33.3. The van der Waals surface area contributed by atoms with E-state index < -0.39 is 17.9 Å². The maximum atomic E-state index is 12.4. The first-order valence-electron chi connectivity index (χ1n) is 18.5. The fourth-order valence-corrected chi connectivity index (χ4v) is 5.18. The van der Waals surface area contributed by atoms with E-state index in [1.807, 2.05) is 0 Å². The molecule has 0 atom stereocenters. The van der Waals surface area contributed by atoms with Gasteiger partial charge in [0.1, 0.15) is 0 Å². The van der Waals surface area contributed by atoms with Gasteiger partial charge in [-0.05, 0) is 19.3 Å². The number of unbranched alkanes of at least 4 members (excludes halogenated alkanes) is 24. The quantitative estimate of drug-likeness (QED) is 0.0539. The Hall–Kier alpha value is -1.63. The van der Waals surface area contributed by atoms with Crippen LogP contribution in [0.25, 0.3) is 0 Å². The summed E-state index contributed by atoms with van der Waals surface area (Å²) >= 11 is 0. The fraction of sp³-hybridized carbons (Fsp3) is 0.917. The zero-order valence-electron chi connectivity index (χ0n) is 28.6. The van der Waals surface area contributed by atoms with Gasteiger partial charge >= 0.3 is 17.9 Å². The van der Waals surface area contributed by atoms with Gasteiger partial charge in [0, 0.05) is 19.3 Å². The summed E-state index contributed by atoms with van der Waals surface area (Å²) in [4.78, 5) is 52.8. The number of nitrogens with zero attached hydrogens (tertiary/aromatic N) is 1. The van der Waals surface area contributed by atoms with E-state index in [0.717, 1.165) is 38.5 Å². The van der Waals surface area contributed by atoms with Crippen molar-refractivity contribution in [3.63, 3.8) is 0 Å². The molecule has 0 fully saturated rings. The highest BCUT2D eigenvalue weighted by molar-refractivity contribution is 5.71. The highest BCUT2D eigenvalue weighted by atomic mass is 17.2. The van der Waals surface area contributed by atoms with Crippen LogP contribution < -0.4 is 0 Å². The molecule has 0 amide bonds. The van der Waals surface area contributed by atoms with Crippen molar-refractivity contribution >= 4 is 17.9 Å². The van der Waals surface area contributed by atoms with Crippen molar-refractivity contribution in [2.24, 2.45) is 0 Å². The fourth-order valence-electron chi connectivity index (χ4n) is 5.18. The molecule has 7 heteroatoms. The van der Waals surface area contributed by atoms with E-state index >= 15 is 0 Å². The molecule has 0 spiro atoms. The van der Waals surface area contributed by atoms with E-state index in [1.165, 1.54) is 116 Å². The summed E-state index contributed by atoms with van der Waals surface area (Å²) in [6.07, 6.45) is 31.4. The van der Waals surface area contributed by atoms with Crippen molar-refractivity contribution in [2.75, 3.05) is 0 Å². The third-order valence-electron chi connectivity index (χ3n) is 7.98. The van der Waals surface area contributed by atoms with Gasteiger partial charge in [-0.15, -0.1) is 0 Å². The van der Waals surface area contributed by atoms with Crippen LogP contribution in [0.5, 0.6) is 0 Å². The Morgan fingerprint density at radius 2 is 0.512 bits per heavy atom. The first-order valence-corrected chi connectivity index (χ1v) is 18.5. The molecular formula is C36H69NO6. The van der Waals surface area contributed by atoms with Crippen molar-refractivity contribution in [1.82, 2.24) is 5.39 Å². The number of rotatable bonds is 33. The van der Waals surface area contributed by atoms with Crippen LogP contribution in [0.4, 0.5) is 0 Å². The molecule has 0 heterocycles. The highest BCUT2D eigenvalue weighted by Gasteiger charge is 2.22. The summed E-state index contributed by atoms with van der Waals surface area (Å²) in [5.41, 5.74) is 0. The molecule has 0 bridgehead atoms. The second-order valence-corrected chi connectivity index (χ2v) is 12.3. The van der Waals surface area contributed by atoms with E-state index in [2.05, 4.69) is 20.8 Å². The van der Waals surface area contributed by atoms with Gasteiger partial charge in [0.15, 0.2) is 0 Å². The lowest BCUT2D eigenvalue weighted by Gasteiger charge is -2.17. The molecule has 0 saturated carbocycles. The van der Waals surface area contributed by atoms with Gasteiger partial charge in [0.2, 0.25) is 5.39 Å². The zero-order chi connectivity index (χ0) is 31.6. The molecule has 0 aromatic heterocycles. The average Bonchev–Trinajstić information content (AvgIpc) is 2.98. The van der Waals surface area contributed by atoms with Gasteiger partial charge in [0.25, 0.3) is 0 Å². The van der Waals surface area contributed by atoms with Crippen LogP contribution >= 0.6 is 0 Å². The molecule has 43 heavy (non-hydrogen) atoms. The topological polar surface area (TPSA) is 82.1 Å². The van der Waals surface area contributed by atoms with Gasteiger partial charge in [-0.25, -0.2) is 0 Å². The second-order valence-electron chi connectivity index (χ2n) is 12.3. The predicted octanol–water partition coefficient (Wildman–Crippen LogP) is 11.4. The summed E-state index contributed by atoms with van der Waals surface area (Å²) < 4.78 is 0. The van der Waals surface area contributed by atoms with Gasteiger partial charge in [-0.3, -0.25) is 14.4 Å². The Labute approximate surface area is 265 Å². The van der Waals surface area contributed by atoms with E-state index in [1.54, 1.807) is 0 Å². The molecule has 0 aliphatic rings. The molecule has 0 rings (SSSR count). The third kappa shape index (κ3) is 31.6. The largest absolute Gasteiger partial charge is 0.332 e. The summed E-state index contributed by atoms with van der Waals surface area (Å²) in [6, 6.07) is 0. The van der Waals surface area contributed by atoms with Crippen molar-refractivity contribution in [1.29, 1.82) is 0 Å². The van der Waals surface area contributed by atoms with Crippen molar-refractivity contribution in [3.05, 3.63) is 0 Å².